The van der Waals surface area contributed by atoms with Gasteiger partial charge in [-0.25, -0.2) is 0 Å². The standard InChI is InChI=1S/C18H17N3O3/c1-23-16-4-2-3-5-17(16)24-12-18(22)21-11-13-6-7-14-15(10-13)20-9-8-19-14/h2-10H,11-12H2,1H3,(H,21,22). The van der Waals surface area contributed by atoms with Gasteiger partial charge in [-0.1, -0.05) is 18.2 Å². The normalized spacial score (nSPS) is 10.4. The van der Waals surface area contributed by atoms with Crippen molar-refractivity contribution in [1.29, 1.82) is 0 Å². The molecule has 1 heterocycles. The Hall–Kier alpha value is -3.15. The molecule has 0 unspecified atom stereocenters. The zero-order valence-electron chi connectivity index (χ0n) is 13.2. The molecule has 1 N–H and O–H groups in total. The highest BCUT2D eigenvalue weighted by molar-refractivity contribution is 5.78. The van der Waals surface area contributed by atoms with Crippen LogP contribution in [0.4, 0.5) is 0 Å². The number of amides is 1. The fourth-order valence-electron chi connectivity index (χ4n) is 2.25. The highest BCUT2D eigenvalue weighted by Crippen LogP contribution is 2.25. The molecule has 0 spiro atoms. The third kappa shape index (κ3) is 3.78. The molecule has 0 aliphatic carbocycles. The lowest BCUT2D eigenvalue weighted by Gasteiger charge is -2.10. The molecule has 6 nitrogen and oxygen atoms in total. The Morgan fingerprint density at radius 1 is 1.04 bits per heavy atom. The van der Waals surface area contributed by atoms with Crippen LogP contribution in [0.25, 0.3) is 11.0 Å². The van der Waals surface area contributed by atoms with Crippen LogP contribution in [0.3, 0.4) is 0 Å². The lowest BCUT2D eigenvalue weighted by Crippen LogP contribution is -2.28. The summed E-state index contributed by atoms with van der Waals surface area (Å²) in [6.07, 6.45) is 3.30. The maximum atomic E-state index is 11.9. The molecule has 0 radical (unpaired) electrons. The van der Waals surface area contributed by atoms with Crippen molar-refractivity contribution in [2.45, 2.75) is 6.54 Å². The Balaban J connectivity index is 1.55. The van der Waals surface area contributed by atoms with Gasteiger partial charge in [0.2, 0.25) is 0 Å². The predicted octanol–water partition coefficient (Wildman–Crippen LogP) is 2.33. The average molecular weight is 323 g/mol. The van der Waals surface area contributed by atoms with Crippen molar-refractivity contribution in [1.82, 2.24) is 15.3 Å². The van der Waals surface area contributed by atoms with Gasteiger partial charge < -0.3 is 14.8 Å². The molecular weight excluding hydrogens is 306 g/mol. The average Bonchev–Trinajstić information content (AvgIpc) is 2.64. The molecule has 0 bridgehead atoms. The van der Waals surface area contributed by atoms with E-state index >= 15 is 0 Å². The summed E-state index contributed by atoms with van der Waals surface area (Å²) in [6.45, 7) is 0.328. The highest BCUT2D eigenvalue weighted by atomic mass is 16.5. The van der Waals surface area contributed by atoms with E-state index in [9.17, 15) is 4.79 Å². The number of rotatable bonds is 6. The molecule has 0 aliphatic heterocycles. The van der Waals surface area contributed by atoms with Gasteiger partial charge in [0.15, 0.2) is 18.1 Å². The second-order valence-electron chi connectivity index (χ2n) is 5.10. The fraction of sp³-hybridized carbons (Fsp3) is 0.167. The summed E-state index contributed by atoms with van der Waals surface area (Å²) >= 11 is 0. The predicted molar refractivity (Wildman–Crippen MR) is 89.9 cm³/mol. The van der Waals surface area contributed by atoms with Crippen LogP contribution in [0, 0.1) is 0 Å². The van der Waals surface area contributed by atoms with Crippen molar-refractivity contribution in [2.24, 2.45) is 0 Å². The first-order chi connectivity index (χ1) is 11.8. The zero-order valence-corrected chi connectivity index (χ0v) is 13.2. The minimum Gasteiger partial charge on any atom is -0.493 e. The van der Waals surface area contributed by atoms with E-state index in [0.717, 1.165) is 16.6 Å². The summed E-state index contributed by atoms with van der Waals surface area (Å²) in [5.41, 5.74) is 2.58. The van der Waals surface area contributed by atoms with E-state index in [1.165, 1.54) is 0 Å². The first kappa shape index (κ1) is 15.7. The molecule has 0 saturated carbocycles. The highest BCUT2D eigenvalue weighted by Gasteiger charge is 2.07. The molecule has 3 rings (SSSR count). The van der Waals surface area contributed by atoms with Crippen LogP contribution in [0.5, 0.6) is 11.5 Å². The quantitative estimate of drug-likeness (QED) is 0.754. The molecule has 0 atom stereocenters. The number of nitrogens with zero attached hydrogens (tertiary/aromatic N) is 2. The number of carbonyl (C=O) groups excluding carboxylic acids is 1. The van der Waals surface area contributed by atoms with E-state index in [0.29, 0.717) is 18.0 Å². The summed E-state index contributed by atoms with van der Waals surface area (Å²) < 4.78 is 10.7. The molecule has 0 saturated heterocycles. The fourth-order valence-corrected chi connectivity index (χ4v) is 2.25. The minimum atomic E-state index is -0.208. The van der Waals surface area contributed by atoms with Crippen molar-refractivity contribution >= 4 is 16.9 Å². The van der Waals surface area contributed by atoms with E-state index in [4.69, 9.17) is 9.47 Å². The topological polar surface area (TPSA) is 73.3 Å². The molecule has 0 aliphatic rings. The number of hydrogen-bond acceptors (Lipinski definition) is 5. The van der Waals surface area contributed by atoms with Gasteiger partial charge in [0.1, 0.15) is 0 Å². The van der Waals surface area contributed by atoms with Crippen molar-refractivity contribution in [3.05, 3.63) is 60.4 Å². The second-order valence-corrected chi connectivity index (χ2v) is 5.10. The lowest BCUT2D eigenvalue weighted by molar-refractivity contribution is -0.123. The van der Waals surface area contributed by atoms with Crippen molar-refractivity contribution in [3.63, 3.8) is 0 Å². The van der Waals surface area contributed by atoms with Crippen LogP contribution in [0.1, 0.15) is 5.56 Å². The van der Waals surface area contributed by atoms with Crippen LogP contribution in [-0.4, -0.2) is 29.6 Å². The molecule has 24 heavy (non-hydrogen) atoms. The Kier molecular flexibility index (Phi) is 4.86. The Morgan fingerprint density at radius 2 is 1.79 bits per heavy atom. The van der Waals surface area contributed by atoms with Crippen LogP contribution < -0.4 is 14.8 Å². The van der Waals surface area contributed by atoms with Crippen molar-refractivity contribution in [2.75, 3.05) is 13.7 Å². The Bertz CT molecular complexity index is 852. The van der Waals surface area contributed by atoms with Crippen LogP contribution in [0.15, 0.2) is 54.9 Å². The van der Waals surface area contributed by atoms with Gasteiger partial charge in [-0.2, -0.15) is 0 Å². The Morgan fingerprint density at radius 3 is 2.58 bits per heavy atom. The number of hydrogen-bond donors (Lipinski definition) is 1. The lowest BCUT2D eigenvalue weighted by atomic mass is 10.2. The van der Waals surface area contributed by atoms with E-state index in [1.54, 1.807) is 31.6 Å². The largest absolute Gasteiger partial charge is 0.493 e. The molecule has 3 aromatic rings. The maximum absolute atomic E-state index is 11.9. The number of para-hydroxylation sites is 2. The summed E-state index contributed by atoms with van der Waals surface area (Å²) in [6, 6.07) is 12.9. The minimum absolute atomic E-state index is 0.0756. The van der Waals surface area contributed by atoms with Gasteiger partial charge in [-0.3, -0.25) is 14.8 Å². The monoisotopic (exact) mass is 323 g/mol. The Labute approximate surface area is 139 Å². The van der Waals surface area contributed by atoms with E-state index in [1.807, 2.05) is 30.3 Å². The molecule has 122 valence electrons. The van der Waals surface area contributed by atoms with Gasteiger partial charge in [0, 0.05) is 18.9 Å². The van der Waals surface area contributed by atoms with Crippen LogP contribution in [-0.2, 0) is 11.3 Å². The SMILES string of the molecule is COc1ccccc1OCC(=O)NCc1ccc2nccnc2c1. The van der Waals surface area contributed by atoms with E-state index in [2.05, 4.69) is 15.3 Å². The van der Waals surface area contributed by atoms with Crippen molar-refractivity contribution < 1.29 is 14.3 Å². The van der Waals surface area contributed by atoms with Gasteiger partial charge in [0.05, 0.1) is 18.1 Å². The zero-order chi connectivity index (χ0) is 16.8. The number of carbonyl (C=O) groups is 1. The van der Waals surface area contributed by atoms with E-state index in [-0.39, 0.29) is 12.5 Å². The summed E-state index contributed by atoms with van der Waals surface area (Å²) in [4.78, 5) is 20.4. The number of methoxy groups -OCH3 is 1. The van der Waals surface area contributed by atoms with Crippen LogP contribution in [0.2, 0.25) is 0 Å². The smallest absolute Gasteiger partial charge is 0.258 e. The van der Waals surface area contributed by atoms with Crippen molar-refractivity contribution in [3.8, 4) is 11.5 Å². The molecule has 2 aromatic carbocycles. The van der Waals surface area contributed by atoms with E-state index < -0.39 is 0 Å². The van der Waals surface area contributed by atoms with Gasteiger partial charge >= 0.3 is 0 Å². The second kappa shape index (κ2) is 7.41. The first-order valence-corrected chi connectivity index (χ1v) is 7.48. The van der Waals surface area contributed by atoms with Gasteiger partial charge in [-0.15, -0.1) is 0 Å². The molecule has 6 heteroatoms. The molecule has 1 aromatic heterocycles. The first-order valence-electron chi connectivity index (χ1n) is 7.48. The van der Waals surface area contributed by atoms with Gasteiger partial charge in [0.25, 0.3) is 5.91 Å². The summed E-state index contributed by atoms with van der Waals surface area (Å²) in [5, 5.41) is 2.82. The summed E-state index contributed by atoms with van der Waals surface area (Å²) in [7, 11) is 1.56. The third-order valence-corrected chi connectivity index (χ3v) is 3.45. The molecule has 1 amide bonds. The number of aromatic nitrogens is 2. The summed E-state index contributed by atoms with van der Waals surface area (Å²) in [5.74, 6) is 0.926. The van der Waals surface area contributed by atoms with Crippen LogP contribution >= 0.6 is 0 Å². The number of fused-ring (bicyclic) bond motifs is 1. The third-order valence-electron chi connectivity index (χ3n) is 3.45. The number of ether oxygens (including phenoxy) is 2. The number of benzene rings is 2. The number of nitrogens with one attached hydrogen (secondary N) is 1. The maximum Gasteiger partial charge on any atom is 0.258 e. The van der Waals surface area contributed by atoms with Gasteiger partial charge in [-0.05, 0) is 29.8 Å². The molecule has 0 fully saturated rings. The molecular formula is C18H17N3O3.